The van der Waals surface area contributed by atoms with Crippen molar-refractivity contribution in [3.8, 4) is 11.1 Å². The molecule has 0 unspecified atom stereocenters. The highest BCUT2D eigenvalue weighted by atomic mass is 16.4. The standard InChI is InChI=1S/C30H31N3O3/c1-20-8-6-9-21(2)28(20)32-29(36)25-19-33-18-23(12-13-26(33)31-25)22-10-7-11-24(16-22)30(17-27(34)35)14-4-3-5-15-30/h6-13,16,18-19H,3-5,14-15,17H2,1-2H3,(H,32,36)(H,34,35). The Balaban J connectivity index is 1.44. The van der Waals surface area contributed by atoms with E-state index in [1.165, 1.54) is 0 Å². The maximum Gasteiger partial charge on any atom is 0.304 e. The monoisotopic (exact) mass is 481 g/mol. The highest BCUT2D eigenvalue weighted by Crippen LogP contribution is 2.43. The van der Waals surface area contributed by atoms with E-state index < -0.39 is 5.97 Å². The van der Waals surface area contributed by atoms with Gasteiger partial charge in [-0.2, -0.15) is 0 Å². The minimum absolute atomic E-state index is 0.163. The predicted molar refractivity (Wildman–Crippen MR) is 142 cm³/mol. The lowest BCUT2D eigenvalue weighted by Gasteiger charge is -2.37. The number of hydrogen-bond donors (Lipinski definition) is 2. The molecule has 5 rings (SSSR count). The summed E-state index contributed by atoms with van der Waals surface area (Å²) in [5.41, 5.74) is 6.68. The van der Waals surface area contributed by atoms with Crippen LogP contribution in [0.15, 0.2) is 67.0 Å². The first-order valence-corrected chi connectivity index (χ1v) is 12.5. The van der Waals surface area contributed by atoms with Crippen molar-refractivity contribution < 1.29 is 14.7 Å². The molecule has 2 aromatic heterocycles. The average Bonchev–Trinajstić information content (AvgIpc) is 3.30. The normalized spacial score (nSPS) is 15.1. The lowest BCUT2D eigenvalue weighted by atomic mass is 9.67. The van der Waals surface area contributed by atoms with Crippen LogP contribution in [0.2, 0.25) is 0 Å². The van der Waals surface area contributed by atoms with Crippen LogP contribution in [0.5, 0.6) is 0 Å². The van der Waals surface area contributed by atoms with Gasteiger partial charge in [0.25, 0.3) is 5.91 Å². The number of benzene rings is 2. The summed E-state index contributed by atoms with van der Waals surface area (Å²) in [5.74, 6) is -0.985. The third kappa shape index (κ3) is 4.63. The first-order valence-electron chi connectivity index (χ1n) is 12.5. The van der Waals surface area contributed by atoms with Gasteiger partial charge in [-0.05, 0) is 66.6 Å². The molecule has 1 aliphatic rings. The fourth-order valence-electron chi connectivity index (χ4n) is 5.58. The number of amides is 1. The number of carbonyl (C=O) groups is 2. The zero-order valence-electron chi connectivity index (χ0n) is 20.8. The number of carbonyl (C=O) groups excluding carboxylic acids is 1. The number of para-hydroxylation sites is 1. The van der Waals surface area contributed by atoms with Gasteiger partial charge in [0, 0.05) is 23.5 Å². The molecule has 0 atom stereocenters. The Morgan fingerprint density at radius 1 is 0.944 bits per heavy atom. The minimum atomic E-state index is -0.742. The number of nitrogens with zero attached hydrogens (tertiary/aromatic N) is 2. The number of imidazole rings is 1. The second-order valence-corrected chi connectivity index (χ2v) is 10.0. The summed E-state index contributed by atoms with van der Waals surface area (Å²) in [6, 6.07) is 18.1. The lowest BCUT2D eigenvalue weighted by Crippen LogP contribution is -2.31. The molecular formula is C30H31N3O3. The number of hydrogen-bond acceptors (Lipinski definition) is 3. The molecule has 1 fully saturated rings. The summed E-state index contributed by atoms with van der Waals surface area (Å²) >= 11 is 0. The number of aromatic nitrogens is 2. The van der Waals surface area contributed by atoms with Crippen molar-refractivity contribution in [2.24, 2.45) is 0 Å². The van der Waals surface area contributed by atoms with E-state index in [9.17, 15) is 14.7 Å². The van der Waals surface area contributed by atoms with E-state index in [1.54, 1.807) is 6.20 Å². The molecule has 0 aliphatic heterocycles. The predicted octanol–water partition coefficient (Wildman–Crippen LogP) is 6.55. The Hall–Kier alpha value is -3.93. The molecule has 6 heteroatoms. The van der Waals surface area contributed by atoms with E-state index in [0.717, 1.165) is 65.6 Å². The number of pyridine rings is 1. The average molecular weight is 482 g/mol. The minimum Gasteiger partial charge on any atom is -0.481 e. The molecule has 4 aromatic rings. The van der Waals surface area contributed by atoms with E-state index in [0.29, 0.717) is 11.3 Å². The van der Waals surface area contributed by atoms with Gasteiger partial charge in [0.1, 0.15) is 11.3 Å². The molecule has 0 saturated heterocycles. The smallest absolute Gasteiger partial charge is 0.304 e. The largest absolute Gasteiger partial charge is 0.481 e. The third-order valence-electron chi connectivity index (χ3n) is 7.51. The molecule has 0 radical (unpaired) electrons. The van der Waals surface area contributed by atoms with Crippen LogP contribution in [-0.2, 0) is 10.2 Å². The van der Waals surface area contributed by atoms with Crippen LogP contribution in [0.25, 0.3) is 16.8 Å². The molecule has 0 spiro atoms. The number of nitrogens with one attached hydrogen (secondary N) is 1. The van der Waals surface area contributed by atoms with Gasteiger partial charge in [-0.15, -0.1) is 0 Å². The van der Waals surface area contributed by atoms with Crippen LogP contribution in [0.3, 0.4) is 0 Å². The number of aryl methyl sites for hydroxylation is 2. The lowest BCUT2D eigenvalue weighted by molar-refractivity contribution is -0.138. The molecule has 1 amide bonds. The number of aliphatic carboxylic acids is 1. The second kappa shape index (κ2) is 9.61. The van der Waals surface area contributed by atoms with E-state index in [-0.39, 0.29) is 17.7 Å². The first-order chi connectivity index (χ1) is 17.3. The fourth-order valence-corrected chi connectivity index (χ4v) is 5.58. The third-order valence-corrected chi connectivity index (χ3v) is 7.51. The maximum absolute atomic E-state index is 13.0. The van der Waals surface area contributed by atoms with Crippen molar-refractivity contribution in [1.82, 2.24) is 9.38 Å². The first kappa shape index (κ1) is 23.8. The van der Waals surface area contributed by atoms with Crippen molar-refractivity contribution >= 4 is 23.2 Å². The molecule has 1 saturated carbocycles. The topological polar surface area (TPSA) is 83.7 Å². The van der Waals surface area contributed by atoms with Crippen molar-refractivity contribution in [1.29, 1.82) is 0 Å². The molecule has 184 valence electrons. The Morgan fingerprint density at radius 3 is 2.39 bits per heavy atom. The van der Waals surface area contributed by atoms with Gasteiger partial charge in [-0.3, -0.25) is 9.59 Å². The molecule has 2 aromatic carbocycles. The molecule has 0 bridgehead atoms. The molecular weight excluding hydrogens is 450 g/mol. The number of carboxylic acids is 1. The summed E-state index contributed by atoms with van der Waals surface area (Å²) in [6.07, 6.45) is 8.98. The Labute approximate surface area is 211 Å². The van der Waals surface area contributed by atoms with Gasteiger partial charge in [-0.25, -0.2) is 4.98 Å². The van der Waals surface area contributed by atoms with Crippen molar-refractivity contribution in [3.63, 3.8) is 0 Å². The van der Waals surface area contributed by atoms with Crippen molar-refractivity contribution in [2.75, 3.05) is 5.32 Å². The Morgan fingerprint density at radius 2 is 1.67 bits per heavy atom. The van der Waals surface area contributed by atoms with Gasteiger partial charge >= 0.3 is 5.97 Å². The summed E-state index contributed by atoms with van der Waals surface area (Å²) < 4.78 is 1.87. The van der Waals surface area contributed by atoms with E-state index in [2.05, 4.69) is 22.4 Å². The van der Waals surface area contributed by atoms with Crippen molar-refractivity contribution in [2.45, 2.75) is 57.8 Å². The Kier molecular flexibility index (Phi) is 6.35. The molecule has 6 nitrogen and oxygen atoms in total. The van der Waals surface area contributed by atoms with E-state index >= 15 is 0 Å². The van der Waals surface area contributed by atoms with Crippen LogP contribution in [0.1, 0.15) is 65.7 Å². The number of anilines is 1. The van der Waals surface area contributed by atoms with Crippen LogP contribution in [0.4, 0.5) is 5.69 Å². The molecule has 1 aliphatic carbocycles. The number of carboxylic acid groups (broad SMARTS) is 1. The van der Waals surface area contributed by atoms with E-state index in [1.807, 2.05) is 66.9 Å². The SMILES string of the molecule is Cc1cccc(C)c1NC(=O)c1cn2cc(-c3cccc(C4(CC(=O)O)CCCCC4)c3)ccc2n1. The highest BCUT2D eigenvalue weighted by Gasteiger charge is 2.36. The second-order valence-electron chi connectivity index (χ2n) is 10.0. The van der Waals surface area contributed by atoms with Gasteiger partial charge in [0.15, 0.2) is 0 Å². The van der Waals surface area contributed by atoms with Crippen molar-refractivity contribution in [3.05, 3.63) is 89.4 Å². The Bertz CT molecular complexity index is 1430. The van der Waals surface area contributed by atoms with Gasteiger partial charge < -0.3 is 14.8 Å². The summed E-state index contributed by atoms with van der Waals surface area (Å²) in [6.45, 7) is 3.95. The highest BCUT2D eigenvalue weighted by molar-refractivity contribution is 6.04. The van der Waals surface area contributed by atoms with Crippen LogP contribution >= 0.6 is 0 Å². The quantitative estimate of drug-likeness (QED) is 0.327. The van der Waals surface area contributed by atoms with Gasteiger partial charge in [0.05, 0.1) is 6.42 Å². The van der Waals surface area contributed by atoms with E-state index in [4.69, 9.17) is 0 Å². The van der Waals surface area contributed by atoms with Crippen LogP contribution in [0, 0.1) is 13.8 Å². The zero-order valence-corrected chi connectivity index (χ0v) is 20.8. The number of fused-ring (bicyclic) bond motifs is 1. The van der Waals surface area contributed by atoms with Gasteiger partial charge in [0.2, 0.25) is 0 Å². The molecule has 2 N–H and O–H groups in total. The summed E-state index contributed by atoms with van der Waals surface area (Å²) in [4.78, 5) is 29.2. The zero-order chi connectivity index (χ0) is 25.3. The van der Waals surface area contributed by atoms with Crippen LogP contribution < -0.4 is 5.32 Å². The maximum atomic E-state index is 13.0. The summed E-state index contributed by atoms with van der Waals surface area (Å²) in [7, 11) is 0. The molecule has 2 heterocycles. The van der Waals surface area contributed by atoms with Gasteiger partial charge in [-0.1, -0.05) is 61.7 Å². The fraction of sp³-hybridized carbons (Fsp3) is 0.300. The number of rotatable bonds is 6. The summed E-state index contributed by atoms with van der Waals surface area (Å²) in [5, 5.41) is 12.6. The molecule has 36 heavy (non-hydrogen) atoms. The van der Waals surface area contributed by atoms with Crippen LogP contribution in [-0.4, -0.2) is 26.4 Å².